The van der Waals surface area contributed by atoms with Crippen LogP contribution >= 0.6 is 15.9 Å². The summed E-state index contributed by atoms with van der Waals surface area (Å²) >= 11 is 3.42. The van der Waals surface area contributed by atoms with E-state index in [1.807, 2.05) is 30.3 Å². The van der Waals surface area contributed by atoms with E-state index < -0.39 is 0 Å². The number of hydrogen-bond donors (Lipinski definition) is 1. The minimum absolute atomic E-state index is 0.908. The SMILES string of the molecule is CC#N.N#C/C=C\c1c(Br)[nH]c2ccccc12. The molecule has 0 radical (unpaired) electrons. The molecule has 0 saturated heterocycles. The Morgan fingerprint density at radius 1 is 1.29 bits per heavy atom. The third-order valence-corrected chi connectivity index (χ3v) is 2.65. The van der Waals surface area contributed by atoms with Crippen molar-refractivity contribution < 1.29 is 0 Å². The van der Waals surface area contributed by atoms with Crippen molar-refractivity contribution >= 4 is 32.9 Å². The molecule has 0 aliphatic rings. The lowest BCUT2D eigenvalue weighted by Crippen LogP contribution is -1.68. The first-order valence-electron chi connectivity index (χ1n) is 4.87. The van der Waals surface area contributed by atoms with Gasteiger partial charge in [0.05, 0.1) is 16.7 Å². The highest BCUT2D eigenvalue weighted by atomic mass is 79.9. The number of allylic oxidation sites excluding steroid dienone is 1. The fourth-order valence-corrected chi connectivity index (χ4v) is 1.97. The largest absolute Gasteiger partial charge is 0.349 e. The maximum absolute atomic E-state index is 8.47. The Balaban J connectivity index is 0.000000437. The third kappa shape index (κ3) is 3.21. The molecular weight excluding hydrogens is 278 g/mol. The molecule has 0 fully saturated rings. The van der Waals surface area contributed by atoms with Crippen LogP contribution in [0, 0.1) is 22.7 Å². The Labute approximate surface area is 108 Å². The van der Waals surface area contributed by atoms with Gasteiger partial charge >= 0.3 is 0 Å². The lowest BCUT2D eigenvalue weighted by Gasteiger charge is -1.89. The van der Waals surface area contributed by atoms with Crippen molar-refractivity contribution in [3.63, 3.8) is 0 Å². The molecule has 84 valence electrons. The van der Waals surface area contributed by atoms with Crippen LogP contribution in [0.4, 0.5) is 0 Å². The van der Waals surface area contributed by atoms with Crippen molar-refractivity contribution in [1.29, 1.82) is 10.5 Å². The van der Waals surface area contributed by atoms with Crippen LogP contribution in [0.3, 0.4) is 0 Å². The zero-order valence-electron chi connectivity index (χ0n) is 9.24. The molecule has 0 bridgehead atoms. The van der Waals surface area contributed by atoms with Crippen molar-refractivity contribution in [1.82, 2.24) is 4.98 Å². The number of aromatic nitrogens is 1. The van der Waals surface area contributed by atoms with Gasteiger partial charge in [0.1, 0.15) is 0 Å². The van der Waals surface area contributed by atoms with Gasteiger partial charge in [-0.25, -0.2) is 0 Å². The van der Waals surface area contributed by atoms with Crippen LogP contribution in [0.2, 0.25) is 0 Å². The summed E-state index contributed by atoms with van der Waals surface area (Å²) in [6, 6.07) is 11.7. The highest BCUT2D eigenvalue weighted by Gasteiger charge is 2.04. The Hall–Kier alpha value is -2.04. The molecule has 0 atom stereocenters. The zero-order valence-corrected chi connectivity index (χ0v) is 10.8. The van der Waals surface area contributed by atoms with Crippen LogP contribution in [0.15, 0.2) is 34.9 Å². The lowest BCUT2D eigenvalue weighted by atomic mass is 10.2. The molecule has 1 N–H and O–H groups in total. The summed E-state index contributed by atoms with van der Waals surface area (Å²) < 4.78 is 0.908. The van der Waals surface area contributed by atoms with Crippen molar-refractivity contribution in [2.45, 2.75) is 6.92 Å². The van der Waals surface area contributed by atoms with Crippen molar-refractivity contribution in [3.05, 3.63) is 40.5 Å². The van der Waals surface area contributed by atoms with Crippen LogP contribution < -0.4 is 0 Å². The second kappa shape index (κ2) is 6.52. The number of nitrogens with one attached hydrogen (secondary N) is 1. The highest BCUT2D eigenvalue weighted by Crippen LogP contribution is 2.27. The maximum Gasteiger partial charge on any atom is 0.0912 e. The number of hydrogen-bond acceptors (Lipinski definition) is 2. The smallest absolute Gasteiger partial charge is 0.0912 e. The summed E-state index contributed by atoms with van der Waals surface area (Å²) in [6.07, 6.45) is 3.27. The molecule has 1 aromatic heterocycles. The van der Waals surface area contributed by atoms with Crippen LogP contribution in [0.1, 0.15) is 12.5 Å². The molecule has 0 amide bonds. The molecule has 2 rings (SSSR count). The lowest BCUT2D eigenvalue weighted by molar-refractivity contribution is 1.40. The molecule has 0 unspecified atom stereocenters. The van der Waals surface area contributed by atoms with Crippen molar-refractivity contribution in [3.8, 4) is 12.1 Å². The topological polar surface area (TPSA) is 63.4 Å². The predicted molar refractivity (Wildman–Crippen MR) is 71.9 cm³/mol. The number of benzene rings is 1. The number of rotatable bonds is 1. The minimum Gasteiger partial charge on any atom is -0.349 e. The number of fused-ring (bicyclic) bond motifs is 1. The van der Waals surface area contributed by atoms with E-state index in [2.05, 4.69) is 20.9 Å². The minimum atomic E-state index is 0.908. The molecule has 3 nitrogen and oxygen atoms in total. The Morgan fingerprint density at radius 2 is 1.94 bits per heavy atom. The molecule has 0 saturated carbocycles. The number of aromatic amines is 1. The van der Waals surface area contributed by atoms with Gasteiger partial charge in [0.15, 0.2) is 0 Å². The van der Waals surface area contributed by atoms with Gasteiger partial charge in [-0.15, -0.1) is 0 Å². The van der Waals surface area contributed by atoms with E-state index in [9.17, 15) is 0 Å². The van der Waals surface area contributed by atoms with E-state index in [-0.39, 0.29) is 0 Å². The first-order valence-corrected chi connectivity index (χ1v) is 5.67. The summed E-state index contributed by atoms with van der Waals surface area (Å²) in [5.41, 5.74) is 2.08. The summed E-state index contributed by atoms with van der Waals surface area (Å²) in [6.45, 7) is 1.43. The average molecular weight is 288 g/mol. The maximum atomic E-state index is 8.47. The fourth-order valence-electron chi connectivity index (χ4n) is 1.41. The third-order valence-electron chi connectivity index (χ3n) is 2.02. The standard InChI is InChI=1S/C11H7BrN2.C2H3N/c12-11-9(5-3-7-13)8-4-1-2-6-10(8)14-11;1-2-3/h1-6,14H;1H3/b5-3-;. The molecule has 0 aliphatic heterocycles. The fraction of sp³-hybridized carbons (Fsp3) is 0.0769. The summed E-state index contributed by atoms with van der Waals surface area (Å²) in [4.78, 5) is 3.19. The molecule has 17 heavy (non-hydrogen) atoms. The molecule has 1 heterocycles. The second-order valence-corrected chi connectivity index (χ2v) is 3.88. The van der Waals surface area contributed by atoms with Crippen LogP contribution in [-0.2, 0) is 0 Å². The number of halogens is 1. The van der Waals surface area contributed by atoms with Crippen molar-refractivity contribution in [2.24, 2.45) is 0 Å². The van der Waals surface area contributed by atoms with Gasteiger partial charge in [-0.3, -0.25) is 0 Å². The first kappa shape index (κ1) is 13.0. The first-order chi connectivity index (χ1) is 8.24. The van der Waals surface area contributed by atoms with E-state index in [4.69, 9.17) is 10.5 Å². The molecule has 2 aromatic rings. The molecule has 4 heteroatoms. The van der Waals surface area contributed by atoms with Gasteiger partial charge in [-0.05, 0) is 28.1 Å². The number of H-pyrrole nitrogens is 1. The molecule has 1 aromatic carbocycles. The highest BCUT2D eigenvalue weighted by molar-refractivity contribution is 9.10. The molecule has 0 spiro atoms. The average Bonchev–Trinajstić information content (AvgIpc) is 2.63. The van der Waals surface area contributed by atoms with E-state index in [1.54, 1.807) is 12.1 Å². The monoisotopic (exact) mass is 287 g/mol. The van der Waals surface area contributed by atoms with Crippen LogP contribution in [-0.4, -0.2) is 4.98 Å². The van der Waals surface area contributed by atoms with E-state index in [0.717, 1.165) is 21.1 Å². The Morgan fingerprint density at radius 3 is 2.59 bits per heavy atom. The Kier molecular flexibility index (Phi) is 5.00. The number of para-hydroxylation sites is 1. The van der Waals surface area contributed by atoms with Gasteiger partial charge in [-0.2, -0.15) is 10.5 Å². The van der Waals surface area contributed by atoms with E-state index >= 15 is 0 Å². The van der Waals surface area contributed by atoms with E-state index in [0.29, 0.717) is 0 Å². The van der Waals surface area contributed by atoms with E-state index in [1.165, 1.54) is 13.0 Å². The van der Waals surface area contributed by atoms with Gasteiger partial charge in [-0.1, -0.05) is 18.2 Å². The molecule has 0 aliphatic carbocycles. The van der Waals surface area contributed by atoms with Crippen LogP contribution in [0.5, 0.6) is 0 Å². The van der Waals surface area contributed by atoms with Crippen LogP contribution in [0.25, 0.3) is 17.0 Å². The van der Waals surface area contributed by atoms with Gasteiger partial charge in [0, 0.05) is 29.5 Å². The summed E-state index contributed by atoms with van der Waals surface area (Å²) in [7, 11) is 0. The summed E-state index contributed by atoms with van der Waals surface area (Å²) in [5.74, 6) is 0. The summed E-state index contributed by atoms with van der Waals surface area (Å²) in [5, 5.41) is 16.9. The normalized spacial score (nSPS) is 9.41. The number of nitriles is 2. The Bertz CT molecular complexity index is 612. The second-order valence-electron chi connectivity index (χ2n) is 3.08. The van der Waals surface area contributed by atoms with Gasteiger partial charge < -0.3 is 4.98 Å². The number of nitrogens with zero attached hydrogens (tertiary/aromatic N) is 2. The quantitative estimate of drug-likeness (QED) is 0.806. The zero-order chi connectivity index (χ0) is 12.7. The van der Waals surface area contributed by atoms with Crippen molar-refractivity contribution in [2.75, 3.05) is 0 Å². The predicted octanol–water partition coefficient (Wildman–Crippen LogP) is 4.00. The van der Waals surface area contributed by atoms with Gasteiger partial charge in [0.2, 0.25) is 0 Å². The molecular formula is C13H10BrN3. The van der Waals surface area contributed by atoms with Gasteiger partial charge in [0.25, 0.3) is 0 Å².